The van der Waals surface area contributed by atoms with Crippen molar-refractivity contribution in [1.82, 2.24) is 34.9 Å². The van der Waals surface area contributed by atoms with Crippen LogP contribution in [0.3, 0.4) is 0 Å². The fourth-order valence-corrected chi connectivity index (χ4v) is 1.37. The molecule has 0 aliphatic rings. The first-order valence-corrected chi connectivity index (χ1v) is 8.40. The molecule has 0 fully saturated rings. The SMILES string of the molecule is c1c[nH]cn1.c1cc[nH]c1.c1ccncc1.c1ccncc1.c1cncnc1. The average Bonchev–Trinajstić information content (AvgIpc) is 3.58. The molecule has 0 bridgehead atoms. The number of nitrogens with zero attached hydrogens (tertiary/aromatic N) is 5. The predicted molar refractivity (Wildman–Crippen MR) is 110 cm³/mol. The van der Waals surface area contributed by atoms with Crippen molar-refractivity contribution in [3.05, 3.63) is 129 Å². The van der Waals surface area contributed by atoms with Crippen LogP contribution in [0, 0.1) is 0 Å². The molecule has 7 heteroatoms. The fraction of sp³-hybridized carbons (Fsp3) is 0. The number of rotatable bonds is 0. The summed E-state index contributed by atoms with van der Waals surface area (Å²) in [4.78, 5) is 24.2. The van der Waals surface area contributed by atoms with Gasteiger partial charge in [-0.3, -0.25) is 9.97 Å². The minimum absolute atomic E-state index is 1.50. The summed E-state index contributed by atoms with van der Waals surface area (Å²) in [7, 11) is 0. The molecule has 0 unspecified atom stereocenters. The molecular formula is C21H23N7. The Hall–Kier alpha value is -4.13. The molecule has 5 aromatic heterocycles. The molecule has 0 aliphatic heterocycles. The number of nitrogens with one attached hydrogen (secondary N) is 2. The molecule has 0 aliphatic carbocycles. The Bertz CT molecular complexity index is 591. The lowest BCUT2D eigenvalue weighted by molar-refractivity contribution is 1.17. The van der Waals surface area contributed by atoms with Crippen LogP contribution in [0.25, 0.3) is 0 Å². The van der Waals surface area contributed by atoms with E-state index in [4.69, 9.17) is 0 Å². The average molecular weight is 373 g/mol. The lowest BCUT2D eigenvalue weighted by Crippen LogP contribution is -1.66. The van der Waals surface area contributed by atoms with Crippen LogP contribution in [0.1, 0.15) is 0 Å². The molecule has 0 saturated carbocycles. The molecule has 2 N–H and O–H groups in total. The zero-order valence-corrected chi connectivity index (χ0v) is 15.4. The molecule has 5 aromatic rings. The Morgan fingerprint density at radius 2 is 0.893 bits per heavy atom. The Morgan fingerprint density at radius 1 is 0.357 bits per heavy atom. The molecule has 0 spiro atoms. The van der Waals surface area contributed by atoms with E-state index in [1.165, 1.54) is 6.33 Å². The van der Waals surface area contributed by atoms with Gasteiger partial charge in [-0.1, -0.05) is 12.1 Å². The topological polar surface area (TPSA) is 96.0 Å². The van der Waals surface area contributed by atoms with Crippen molar-refractivity contribution in [1.29, 1.82) is 0 Å². The van der Waals surface area contributed by atoms with Crippen molar-refractivity contribution >= 4 is 0 Å². The Kier molecular flexibility index (Phi) is 15.0. The molecular weight excluding hydrogens is 350 g/mol. The van der Waals surface area contributed by atoms with Gasteiger partial charge in [-0.25, -0.2) is 15.0 Å². The summed E-state index contributed by atoms with van der Waals surface area (Å²) in [6.45, 7) is 0. The number of imidazole rings is 1. The Labute approximate surface area is 164 Å². The number of pyridine rings is 2. The van der Waals surface area contributed by atoms with Crippen molar-refractivity contribution in [2.75, 3.05) is 0 Å². The van der Waals surface area contributed by atoms with Crippen LogP contribution in [0.5, 0.6) is 0 Å². The minimum Gasteiger partial charge on any atom is -0.368 e. The van der Waals surface area contributed by atoms with Crippen LogP contribution >= 0.6 is 0 Å². The number of H-pyrrole nitrogens is 2. The van der Waals surface area contributed by atoms with Crippen molar-refractivity contribution < 1.29 is 0 Å². The van der Waals surface area contributed by atoms with Crippen LogP contribution in [0.4, 0.5) is 0 Å². The fourth-order valence-electron chi connectivity index (χ4n) is 1.37. The third-order valence-electron chi connectivity index (χ3n) is 2.51. The van der Waals surface area contributed by atoms with Crippen LogP contribution in [0.15, 0.2) is 129 Å². The van der Waals surface area contributed by atoms with Gasteiger partial charge in [0.2, 0.25) is 0 Å². The second-order valence-corrected chi connectivity index (χ2v) is 4.60. The highest BCUT2D eigenvalue weighted by atomic mass is 14.8. The highest BCUT2D eigenvalue weighted by Crippen LogP contribution is 1.74. The summed E-state index contributed by atoms with van der Waals surface area (Å²) in [5, 5.41) is 0. The molecule has 0 radical (unpaired) electrons. The van der Waals surface area contributed by atoms with Gasteiger partial charge in [-0.2, -0.15) is 0 Å². The van der Waals surface area contributed by atoms with Crippen molar-refractivity contribution in [2.45, 2.75) is 0 Å². The second-order valence-electron chi connectivity index (χ2n) is 4.60. The third kappa shape index (κ3) is 16.7. The first-order valence-electron chi connectivity index (χ1n) is 8.40. The summed E-state index contributed by atoms with van der Waals surface area (Å²) in [5.74, 6) is 0. The Balaban J connectivity index is 0.000000175. The predicted octanol–water partition coefficient (Wildman–Crippen LogP) is 4.06. The molecule has 0 aromatic carbocycles. The van der Waals surface area contributed by atoms with E-state index in [9.17, 15) is 0 Å². The zero-order valence-electron chi connectivity index (χ0n) is 15.4. The normalized spacial score (nSPS) is 8.00. The molecule has 0 atom stereocenters. The maximum absolute atomic E-state index is 3.78. The van der Waals surface area contributed by atoms with E-state index >= 15 is 0 Å². The maximum atomic E-state index is 3.78. The van der Waals surface area contributed by atoms with Crippen LogP contribution < -0.4 is 0 Å². The van der Waals surface area contributed by atoms with Crippen LogP contribution in [-0.4, -0.2) is 34.9 Å². The number of hydrogen-bond donors (Lipinski definition) is 2. The smallest absolute Gasteiger partial charge is 0.115 e. The van der Waals surface area contributed by atoms with E-state index < -0.39 is 0 Å². The molecule has 5 heterocycles. The van der Waals surface area contributed by atoms with Gasteiger partial charge in [0, 0.05) is 62.0 Å². The van der Waals surface area contributed by atoms with Gasteiger partial charge in [-0.05, 0) is 42.5 Å². The summed E-state index contributed by atoms with van der Waals surface area (Å²) in [6.07, 6.45) is 20.7. The number of aromatic amines is 2. The van der Waals surface area contributed by atoms with Gasteiger partial charge in [0.1, 0.15) is 6.33 Å². The van der Waals surface area contributed by atoms with Gasteiger partial charge in [-0.15, -0.1) is 0 Å². The first kappa shape index (κ1) is 21.9. The van der Waals surface area contributed by atoms with Gasteiger partial charge in [0.25, 0.3) is 0 Å². The molecule has 0 amide bonds. The van der Waals surface area contributed by atoms with E-state index in [-0.39, 0.29) is 0 Å². The quantitative estimate of drug-likeness (QED) is 0.427. The van der Waals surface area contributed by atoms with E-state index in [0.717, 1.165) is 0 Å². The van der Waals surface area contributed by atoms with Crippen LogP contribution in [0.2, 0.25) is 0 Å². The monoisotopic (exact) mass is 373 g/mol. The highest BCUT2D eigenvalue weighted by molar-refractivity contribution is 4.89. The summed E-state index contributed by atoms with van der Waals surface area (Å²) in [5.41, 5.74) is 0. The van der Waals surface area contributed by atoms with E-state index in [2.05, 4.69) is 34.9 Å². The van der Waals surface area contributed by atoms with Gasteiger partial charge >= 0.3 is 0 Å². The molecule has 28 heavy (non-hydrogen) atoms. The summed E-state index contributed by atoms with van der Waals surface area (Å²) in [6, 6.07) is 17.1. The Morgan fingerprint density at radius 3 is 1.04 bits per heavy atom. The van der Waals surface area contributed by atoms with Crippen LogP contribution in [-0.2, 0) is 0 Å². The maximum Gasteiger partial charge on any atom is 0.115 e. The largest absolute Gasteiger partial charge is 0.368 e. The van der Waals surface area contributed by atoms with E-state index in [0.29, 0.717) is 0 Å². The minimum atomic E-state index is 1.50. The molecule has 5 rings (SSSR count). The van der Waals surface area contributed by atoms with Gasteiger partial charge < -0.3 is 9.97 Å². The zero-order chi connectivity index (χ0) is 19.8. The summed E-state index contributed by atoms with van der Waals surface area (Å²) >= 11 is 0. The highest BCUT2D eigenvalue weighted by Gasteiger charge is 1.60. The van der Waals surface area contributed by atoms with Gasteiger partial charge in [0.15, 0.2) is 0 Å². The number of hydrogen-bond acceptors (Lipinski definition) is 5. The lowest BCUT2D eigenvalue weighted by Gasteiger charge is -1.70. The molecule has 142 valence electrons. The third-order valence-corrected chi connectivity index (χ3v) is 2.51. The van der Waals surface area contributed by atoms with E-state index in [1.807, 2.05) is 60.9 Å². The second kappa shape index (κ2) is 19.2. The standard InChI is InChI=1S/2C5H5N.C4H4N2.C4H5N.C3H4N2/c2*1-2-4-6-5-3-1;1-2-5-4-6-3-1;1-2-4-5-3-1;1-2-5-3-4-1/h2*1-5H;1-4H;1-5H;1-3H,(H,4,5). The number of aromatic nitrogens is 7. The van der Waals surface area contributed by atoms with Gasteiger partial charge in [0.05, 0.1) is 6.33 Å². The lowest BCUT2D eigenvalue weighted by atomic mass is 10.5. The molecule has 7 nitrogen and oxygen atoms in total. The summed E-state index contributed by atoms with van der Waals surface area (Å²) < 4.78 is 0. The first-order chi connectivity index (χ1) is 14.0. The van der Waals surface area contributed by atoms with E-state index in [1.54, 1.807) is 62.0 Å². The van der Waals surface area contributed by atoms with Crippen molar-refractivity contribution in [2.24, 2.45) is 0 Å². The molecule has 0 saturated heterocycles. The van der Waals surface area contributed by atoms with Crippen molar-refractivity contribution in [3.8, 4) is 0 Å². The van der Waals surface area contributed by atoms with Crippen molar-refractivity contribution in [3.63, 3.8) is 0 Å².